The van der Waals surface area contributed by atoms with Gasteiger partial charge in [-0.1, -0.05) is 22.9 Å². The van der Waals surface area contributed by atoms with E-state index in [0.717, 1.165) is 12.5 Å². The minimum atomic E-state index is 0.457. The highest BCUT2D eigenvalue weighted by Crippen LogP contribution is 2.25. The van der Waals surface area contributed by atoms with Crippen molar-refractivity contribution in [3.8, 4) is 0 Å². The van der Waals surface area contributed by atoms with Crippen molar-refractivity contribution in [1.82, 2.24) is 14.7 Å². The molecule has 4 heteroatoms. The van der Waals surface area contributed by atoms with Crippen molar-refractivity contribution in [2.24, 2.45) is 5.92 Å². The molecule has 1 aromatic heterocycles. The maximum absolute atomic E-state index is 4.62. The molecule has 1 aromatic rings. The van der Waals surface area contributed by atoms with Crippen LogP contribution in [-0.4, -0.2) is 32.6 Å². The van der Waals surface area contributed by atoms with Crippen LogP contribution < -0.4 is 0 Å². The highest BCUT2D eigenvalue weighted by molar-refractivity contribution is 9.09. The summed E-state index contributed by atoms with van der Waals surface area (Å²) in [6.45, 7) is 10.0. The van der Waals surface area contributed by atoms with Crippen LogP contribution in [-0.2, 0) is 6.54 Å². The molecule has 1 atom stereocenters. The maximum atomic E-state index is 4.62. The minimum Gasteiger partial charge on any atom is -0.297 e. The Hall–Kier alpha value is -0.350. The Kier molecular flexibility index (Phi) is 4.84. The topological polar surface area (TPSA) is 21.1 Å². The Morgan fingerprint density at radius 2 is 2.00 bits per heavy atom. The molecule has 0 spiro atoms. The van der Waals surface area contributed by atoms with E-state index >= 15 is 0 Å². The highest BCUT2D eigenvalue weighted by Gasteiger charge is 2.22. The van der Waals surface area contributed by atoms with E-state index in [1.165, 1.54) is 31.6 Å². The molecule has 0 aliphatic carbocycles. The zero-order chi connectivity index (χ0) is 13.1. The fourth-order valence-corrected chi connectivity index (χ4v) is 3.08. The van der Waals surface area contributed by atoms with Gasteiger partial charge in [0.2, 0.25) is 0 Å². The second kappa shape index (κ2) is 6.20. The summed E-state index contributed by atoms with van der Waals surface area (Å²) in [6.07, 6.45) is 4.70. The van der Waals surface area contributed by atoms with Crippen molar-refractivity contribution < 1.29 is 0 Å². The first-order valence-electron chi connectivity index (χ1n) is 6.96. The lowest BCUT2D eigenvalue weighted by Gasteiger charge is -2.32. The lowest BCUT2D eigenvalue weighted by molar-refractivity contribution is 0.176. The smallest absolute Gasteiger partial charge is 0.0764 e. The van der Waals surface area contributed by atoms with E-state index in [9.17, 15) is 0 Å². The molecule has 102 valence electrons. The molecule has 2 rings (SSSR count). The summed E-state index contributed by atoms with van der Waals surface area (Å²) < 4.78 is 2.04. The predicted octanol–water partition coefficient (Wildman–Crippen LogP) is 3.46. The summed E-state index contributed by atoms with van der Waals surface area (Å²) in [5.74, 6) is 0.842. The Bertz CT molecular complexity index is 365. The average Bonchev–Trinajstić information content (AvgIpc) is 2.78. The fraction of sp³-hybridized carbons (Fsp3) is 0.786. The molecule has 0 radical (unpaired) electrons. The molecule has 0 amide bonds. The first-order chi connectivity index (χ1) is 8.56. The molecule has 18 heavy (non-hydrogen) atoms. The normalized spacial score (nSPS) is 20.5. The van der Waals surface area contributed by atoms with Gasteiger partial charge in [-0.25, -0.2) is 0 Å². The Morgan fingerprint density at radius 3 is 2.50 bits per heavy atom. The number of likely N-dealkylation sites (tertiary alicyclic amines) is 1. The summed E-state index contributed by atoms with van der Waals surface area (Å²) in [7, 11) is 0. The number of halogens is 1. The zero-order valence-electron chi connectivity index (χ0n) is 11.6. The second-order valence-electron chi connectivity index (χ2n) is 5.67. The predicted molar refractivity (Wildman–Crippen MR) is 79.0 cm³/mol. The molecule has 1 unspecified atom stereocenters. The van der Waals surface area contributed by atoms with Gasteiger partial charge in [-0.2, -0.15) is 5.10 Å². The summed E-state index contributed by atoms with van der Waals surface area (Å²) in [4.78, 5) is 3.18. The Morgan fingerprint density at radius 1 is 1.33 bits per heavy atom. The maximum Gasteiger partial charge on any atom is 0.0764 e. The molecule has 1 aliphatic rings. The third-order valence-corrected chi connectivity index (χ3v) is 4.61. The van der Waals surface area contributed by atoms with Gasteiger partial charge in [0.15, 0.2) is 0 Å². The number of hydrogen-bond donors (Lipinski definition) is 0. The molecule has 0 saturated carbocycles. The summed E-state index contributed by atoms with van der Waals surface area (Å²) >= 11 is 3.71. The average molecular weight is 314 g/mol. The van der Waals surface area contributed by atoms with Gasteiger partial charge in [-0.3, -0.25) is 9.58 Å². The van der Waals surface area contributed by atoms with Crippen LogP contribution >= 0.6 is 15.9 Å². The van der Waals surface area contributed by atoms with Crippen molar-refractivity contribution in [3.63, 3.8) is 0 Å². The molecule has 0 aromatic carbocycles. The lowest BCUT2D eigenvalue weighted by atomic mass is 9.94. The number of nitrogens with zero attached hydrogens (tertiary/aromatic N) is 3. The summed E-state index contributed by atoms with van der Waals surface area (Å²) in [5, 5.41) is 4.62. The van der Waals surface area contributed by atoms with Crippen molar-refractivity contribution >= 4 is 15.9 Å². The van der Waals surface area contributed by atoms with Crippen molar-refractivity contribution in [2.45, 2.75) is 51.0 Å². The van der Waals surface area contributed by atoms with Crippen LogP contribution in [0.3, 0.4) is 0 Å². The summed E-state index contributed by atoms with van der Waals surface area (Å²) in [6, 6.07) is 2.61. The highest BCUT2D eigenvalue weighted by atomic mass is 79.9. The van der Waals surface area contributed by atoms with Crippen molar-refractivity contribution in [2.75, 3.05) is 13.1 Å². The monoisotopic (exact) mass is 313 g/mol. The standard InChI is InChI=1S/C14H24BrN3/c1-11(2)18-9-6-14(16-18)10-17-7-4-13(5-8-17)12(3)15/h6,9,11-13H,4-5,7-8,10H2,1-3H3. The van der Waals surface area contributed by atoms with Gasteiger partial charge >= 0.3 is 0 Å². The molecule has 2 heterocycles. The van der Waals surface area contributed by atoms with E-state index < -0.39 is 0 Å². The van der Waals surface area contributed by atoms with Gasteiger partial charge in [0.05, 0.1) is 5.69 Å². The summed E-state index contributed by atoms with van der Waals surface area (Å²) in [5.41, 5.74) is 1.20. The first-order valence-corrected chi connectivity index (χ1v) is 7.88. The van der Waals surface area contributed by atoms with Crippen LogP contribution in [0.15, 0.2) is 12.3 Å². The van der Waals surface area contributed by atoms with Crippen LogP contribution in [0, 0.1) is 5.92 Å². The van der Waals surface area contributed by atoms with Crippen molar-refractivity contribution in [3.05, 3.63) is 18.0 Å². The molecule has 1 fully saturated rings. The molecular weight excluding hydrogens is 290 g/mol. The second-order valence-corrected chi connectivity index (χ2v) is 7.12. The molecule has 1 aliphatic heterocycles. The van der Waals surface area contributed by atoms with Crippen LogP contribution in [0.5, 0.6) is 0 Å². The molecule has 0 N–H and O–H groups in total. The van der Waals surface area contributed by atoms with Crippen LogP contribution in [0.25, 0.3) is 0 Å². The van der Waals surface area contributed by atoms with E-state index in [0.29, 0.717) is 10.9 Å². The largest absolute Gasteiger partial charge is 0.297 e. The lowest BCUT2D eigenvalue weighted by Crippen LogP contribution is -2.35. The van der Waals surface area contributed by atoms with Gasteiger partial charge < -0.3 is 0 Å². The van der Waals surface area contributed by atoms with Gasteiger partial charge in [0, 0.05) is 23.6 Å². The van der Waals surface area contributed by atoms with Crippen LogP contribution in [0.1, 0.15) is 45.3 Å². The van der Waals surface area contributed by atoms with Gasteiger partial charge in [-0.05, 0) is 51.8 Å². The SMILES string of the molecule is CC(Br)C1CCN(Cc2ccn(C(C)C)n2)CC1. The van der Waals surface area contributed by atoms with E-state index in [1.807, 2.05) is 4.68 Å². The third kappa shape index (κ3) is 3.58. The first kappa shape index (κ1) is 14.1. The third-order valence-electron chi connectivity index (χ3n) is 3.86. The molecular formula is C14H24BrN3. The fourth-order valence-electron chi connectivity index (χ4n) is 2.55. The minimum absolute atomic E-state index is 0.457. The zero-order valence-corrected chi connectivity index (χ0v) is 13.2. The molecule has 0 bridgehead atoms. The van der Waals surface area contributed by atoms with E-state index in [1.54, 1.807) is 0 Å². The molecule has 3 nitrogen and oxygen atoms in total. The van der Waals surface area contributed by atoms with Gasteiger partial charge in [0.25, 0.3) is 0 Å². The van der Waals surface area contributed by atoms with Gasteiger partial charge in [-0.15, -0.1) is 0 Å². The number of rotatable bonds is 4. The number of alkyl halides is 1. The number of piperidine rings is 1. The van der Waals surface area contributed by atoms with Gasteiger partial charge in [0.1, 0.15) is 0 Å². The Labute approximate surface area is 119 Å². The Balaban J connectivity index is 1.84. The van der Waals surface area contributed by atoms with Crippen LogP contribution in [0.4, 0.5) is 0 Å². The quantitative estimate of drug-likeness (QED) is 0.794. The van der Waals surface area contributed by atoms with Crippen molar-refractivity contribution in [1.29, 1.82) is 0 Å². The number of aromatic nitrogens is 2. The van der Waals surface area contributed by atoms with E-state index in [2.05, 4.69) is 59.0 Å². The number of hydrogen-bond acceptors (Lipinski definition) is 2. The van der Waals surface area contributed by atoms with E-state index in [4.69, 9.17) is 0 Å². The van der Waals surface area contributed by atoms with Crippen LogP contribution in [0.2, 0.25) is 0 Å². The molecule has 1 saturated heterocycles. The van der Waals surface area contributed by atoms with E-state index in [-0.39, 0.29) is 0 Å².